The first-order valence-electron chi connectivity index (χ1n) is 13.3. The normalized spacial score (nSPS) is 21.2. The second-order valence-corrected chi connectivity index (χ2v) is 14.0. The minimum atomic E-state index is -4.06. The van der Waals surface area contributed by atoms with E-state index in [0.717, 1.165) is 87.1 Å². The highest BCUT2D eigenvalue weighted by molar-refractivity contribution is 7.86. The number of benzene rings is 2. The van der Waals surface area contributed by atoms with Crippen LogP contribution in [0.5, 0.6) is 0 Å². The van der Waals surface area contributed by atoms with Crippen LogP contribution in [0.2, 0.25) is 0 Å². The molecule has 21 heteroatoms. The van der Waals surface area contributed by atoms with Crippen LogP contribution in [0.4, 0.5) is 11.4 Å². The summed E-state index contributed by atoms with van der Waals surface area (Å²) in [7, 11) is -3.58. The molecule has 1 N–H and O–H groups in total. The van der Waals surface area contributed by atoms with Crippen LogP contribution < -0.4 is 0 Å². The third-order valence-electron chi connectivity index (χ3n) is 6.68. The van der Waals surface area contributed by atoms with Crippen LogP contribution in [0.3, 0.4) is 0 Å². The zero-order valence-electron chi connectivity index (χ0n) is 23.5. The van der Waals surface area contributed by atoms with Crippen LogP contribution in [0.1, 0.15) is 51.4 Å². The monoisotopic (exact) mass is 689 g/mol. The molecule has 2 fully saturated rings. The van der Waals surface area contributed by atoms with E-state index in [1.54, 1.807) is 0 Å². The van der Waals surface area contributed by atoms with Crippen molar-refractivity contribution in [3.05, 3.63) is 89.6 Å². The van der Waals surface area contributed by atoms with Gasteiger partial charge >= 0.3 is 9.05 Å². The maximum atomic E-state index is 12.2. The number of nitrogens with zero attached hydrogens (tertiary/aromatic N) is 8. The van der Waals surface area contributed by atoms with Gasteiger partial charge in [0.25, 0.3) is 32.2 Å². The van der Waals surface area contributed by atoms with Gasteiger partial charge < -0.3 is 5.11 Å². The van der Waals surface area contributed by atoms with Gasteiger partial charge in [0.1, 0.15) is 4.90 Å². The number of non-ortho nitro benzene ring substituents is 2. The highest BCUT2D eigenvalue weighted by Gasteiger charge is 2.31. The summed E-state index contributed by atoms with van der Waals surface area (Å²) in [4.78, 5) is 24.7. The van der Waals surface area contributed by atoms with Crippen molar-refractivity contribution in [1.29, 1.82) is 0 Å². The number of hydrogen-bond donors (Lipinski definition) is 1. The molecule has 2 aromatic carbocycles. The van der Waals surface area contributed by atoms with Crippen LogP contribution >= 0.6 is 0 Å². The number of azide groups is 2. The summed E-state index contributed by atoms with van der Waals surface area (Å²) in [5.41, 5.74) is 16.2. The average molecular weight is 690 g/mol. The third kappa shape index (κ3) is 12.1. The molecule has 18 nitrogen and oxygen atoms in total. The van der Waals surface area contributed by atoms with Gasteiger partial charge in [-0.2, -0.15) is 16.8 Å². The molecular weight excluding hydrogens is 660 g/mol. The summed E-state index contributed by atoms with van der Waals surface area (Å²) >= 11 is 0. The van der Waals surface area contributed by atoms with Gasteiger partial charge in [-0.25, -0.2) is 0 Å². The Bertz CT molecular complexity index is 1630. The lowest BCUT2D eigenvalue weighted by atomic mass is 9.93. The predicted molar refractivity (Wildman–Crippen MR) is 156 cm³/mol. The molecule has 2 aliphatic rings. The first-order valence-corrected chi connectivity index (χ1v) is 17.2. The highest BCUT2D eigenvalue weighted by Crippen LogP contribution is 2.28. The van der Waals surface area contributed by atoms with E-state index in [0.29, 0.717) is 12.8 Å². The largest absolute Gasteiger partial charge is 0.409 e. The van der Waals surface area contributed by atoms with Gasteiger partial charge in [0.05, 0.1) is 39.0 Å². The van der Waals surface area contributed by atoms with Crippen LogP contribution in [-0.4, -0.2) is 56.1 Å². The summed E-state index contributed by atoms with van der Waals surface area (Å²) in [5, 5.41) is 37.1. The van der Waals surface area contributed by atoms with E-state index in [2.05, 4.69) is 30.7 Å². The molecule has 0 radical (unpaired) electrons. The second kappa shape index (κ2) is 17.5. The quantitative estimate of drug-likeness (QED) is 0.0728. The number of aliphatic hydroxyl groups excluding tert-OH is 1. The van der Waals surface area contributed by atoms with Crippen LogP contribution in [0.15, 0.2) is 68.6 Å². The molecule has 244 valence electrons. The fourth-order valence-corrected chi connectivity index (χ4v) is 6.30. The molecule has 0 unspecified atom stereocenters. The zero-order chi connectivity index (χ0) is 33.6. The molecule has 2 aromatic rings. The molecule has 0 amide bonds. The number of nitro benzene ring substituents is 2. The van der Waals surface area contributed by atoms with E-state index >= 15 is 0 Å². The molecular formula is C24H30ClN8O10S2+. The molecule has 0 saturated heterocycles. The summed E-state index contributed by atoms with van der Waals surface area (Å²) in [6, 6.07) is 8.17. The molecule has 0 spiro atoms. The van der Waals surface area contributed by atoms with Gasteiger partial charge in [-0.1, -0.05) is 35.9 Å². The van der Waals surface area contributed by atoms with E-state index in [1.807, 2.05) is 0 Å². The standard InChI is InChI=1S/C12H14N4O5S.C6H5ClNO4S.C6H11N3O/c13-15-14-11-3-1-2-4-12(11)21-22(19,20)10-7-5-9(6-8-10)16(17)18;7-13(11,12)6-3-1-5(2-4-6)8(9)10;7-9-8-5-3-1-2-4-6(5)10/h5-8,11-12H,1-4H2;1-4,7H;5-6,10H,1-4H2/q;+1;/t11-,12-;;5-,6-/m1.1/s1. The summed E-state index contributed by atoms with van der Waals surface area (Å²) in [6.45, 7) is 0. The number of halogens is 1. The fourth-order valence-electron chi connectivity index (χ4n) is 4.37. The summed E-state index contributed by atoms with van der Waals surface area (Å²) in [6.07, 6.45) is 5.34. The number of hydrogen-bond acceptors (Lipinski definition) is 12. The van der Waals surface area contributed by atoms with Crippen LogP contribution in [-0.2, 0) is 23.4 Å². The Morgan fingerprint density at radius 3 is 1.62 bits per heavy atom. The van der Waals surface area contributed by atoms with Gasteiger partial charge in [-0.05, 0) is 61.0 Å². The molecule has 0 aromatic heterocycles. The Morgan fingerprint density at radius 1 is 0.756 bits per heavy atom. The van der Waals surface area contributed by atoms with Gasteiger partial charge in [0.15, 0.2) is 0 Å². The Morgan fingerprint density at radius 2 is 1.18 bits per heavy atom. The smallest absolute Gasteiger partial charge is 0.393 e. The van der Waals surface area contributed by atoms with Crippen molar-refractivity contribution >= 4 is 30.5 Å². The fraction of sp³-hybridized carbons (Fsp3) is 0.500. The van der Waals surface area contributed by atoms with Crippen molar-refractivity contribution < 1.29 is 46.7 Å². The van der Waals surface area contributed by atoms with Crippen molar-refractivity contribution in [2.24, 2.45) is 10.2 Å². The maximum Gasteiger partial charge on any atom is 0.409 e. The van der Waals surface area contributed by atoms with Crippen LogP contribution in [0, 0.1) is 30.9 Å². The SMILES string of the molecule is O=[N+]([O-])c1ccc(S(=O)(=O)[ClH+])cc1.[N-]=[N+]=N[C@@H]1CCCC[C@H]1O.[N-]=[N+]=N[C@@H]1CCCC[C@H]1OS(=O)(=O)c1ccc([N+](=O)[O-])cc1. The highest BCUT2D eigenvalue weighted by atomic mass is 35.7. The van der Waals surface area contributed by atoms with E-state index in [4.69, 9.17) is 15.2 Å². The molecule has 0 heterocycles. The minimum Gasteiger partial charge on any atom is -0.393 e. The second-order valence-electron chi connectivity index (χ2n) is 9.73. The summed E-state index contributed by atoms with van der Waals surface area (Å²) in [5.74, 6) is 0. The zero-order valence-corrected chi connectivity index (χ0v) is 26.0. The van der Waals surface area contributed by atoms with Crippen molar-refractivity contribution in [1.82, 2.24) is 0 Å². The summed E-state index contributed by atoms with van der Waals surface area (Å²) < 4.78 is 51.1. The number of nitro groups is 2. The Balaban J connectivity index is 0.000000259. The topological polar surface area (TPSA) is 282 Å². The minimum absolute atomic E-state index is 0.104. The van der Waals surface area contributed by atoms with Gasteiger partial charge in [0, 0.05) is 34.1 Å². The lowest BCUT2D eigenvalue weighted by Gasteiger charge is -2.27. The van der Waals surface area contributed by atoms with Gasteiger partial charge in [0.2, 0.25) is 0 Å². The number of rotatable bonds is 8. The molecule has 2 aliphatic carbocycles. The predicted octanol–water partition coefficient (Wildman–Crippen LogP) is 5.09. The van der Waals surface area contributed by atoms with E-state index in [9.17, 15) is 42.2 Å². The molecule has 0 bridgehead atoms. The molecule has 0 aliphatic heterocycles. The van der Waals surface area contributed by atoms with Crippen molar-refractivity contribution in [3.8, 4) is 0 Å². The van der Waals surface area contributed by atoms with Crippen LogP contribution in [0.25, 0.3) is 20.9 Å². The molecule has 4 rings (SSSR count). The number of aliphatic hydroxyl groups is 1. The van der Waals surface area contributed by atoms with Crippen molar-refractivity contribution in [3.63, 3.8) is 0 Å². The lowest BCUT2D eigenvalue weighted by molar-refractivity contribution is -0.385. The average Bonchev–Trinajstić information content (AvgIpc) is 3.00. The third-order valence-corrected chi connectivity index (χ3v) is 9.46. The lowest BCUT2D eigenvalue weighted by Crippen LogP contribution is -2.32. The first-order chi connectivity index (χ1) is 21.2. The van der Waals surface area contributed by atoms with Crippen molar-refractivity contribution in [2.45, 2.75) is 85.4 Å². The van der Waals surface area contributed by atoms with E-state index in [1.165, 1.54) is 0 Å². The van der Waals surface area contributed by atoms with Crippen molar-refractivity contribution in [2.75, 3.05) is 0 Å². The Kier molecular flexibility index (Phi) is 14.4. The molecule has 45 heavy (non-hydrogen) atoms. The van der Waals surface area contributed by atoms with E-state index < -0.39 is 47.3 Å². The Labute approximate surface area is 262 Å². The van der Waals surface area contributed by atoms with Gasteiger partial charge in [-0.3, -0.25) is 24.4 Å². The maximum absolute atomic E-state index is 12.2. The van der Waals surface area contributed by atoms with Gasteiger partial charge in [-0.15, -0.1) is 0 Å². The molecule has 2 saturated carbocycles. The molecule has 4 atom stereocenters. The van der Waals surface area contributed by atoms with E-state index in [-0.39, 0.29) is 27.2 Å². The first kappa shape index (κ1) is 37.2. The Hall–Kier alpha value is -4.03.